The smallest absolute Gasteiger partial charge is 0.0992 e. The predicted molar refractivity (Wildman–Crippen MR) is 70.9 cm³/mol. The van der Waals surface area contributed by atoms with E-state index >= 15 is 0 Å². The van der Waals surface area contributed by atoms with Gasteiger partial charge in [0.2, 0.25) is 0 Å². The number of hydrogen-bond acceptors (Lipinski definition) is 3. The molecule has 1 aliphatic rings. The molecule has 2 atom stereocenters. The summed E-state index contributed by atoms with van der Waals surface area (Å²) in [6.45, 7) is 3.86. The van der Waals surface area contributed by atoms with Gasteiger partial charge in [-0.25, -0.2) is 0 Å². The van der Waals surface area contributed by atoms with Crippen molar-refractivity contribution in [2.24, 2.45) is 5.92 Å². The molecule has 0 aromatic heterocycles. The Balaban J connectivity index is 1.99. The van der Waals surface area contributed by atoms with E-state index < -0.39 is 0 Å². The van der Waals surface area contributed by atoms with Crippen LogP contribution in [-0.2, 0) is 4.74 Å². The number of rotatable bonds is 3. The molecule has 1 aromatic rings. The van der Waals surface area contributed by atoms with Crippen LogP contribution < -0.4 is 5.32 Å². The largest absolute Gasteiger partial charge is 0.385 e. The van der Waals surface area contributed by atoms with Crippen LogP contribution in [-0.4, -0.2) is 19.3 Å². The summed E-state index contributed by atoms with van der Waals surface area (Å²) in [5.41, 5.74) is 1.65. The van der Waals surface area contributed by atoms with Crippen LogP contribution in [0, 0.1) is 17.2 Å². The molecule has 3 nitrogen and oxygen atoms in total. The molecule has 2 rings (SSSR count). The van der Waals surface area contributed by atoms with Gasteiger partial charge in [0.05, 0.1) is 17.7 Å². The average molecular weight is 295 g/mol. The average Bonchev–Trinajstić information content (AvgIpc) is 2.71. The summed E-state index contributed by atoms with van der Waals surface area (Å²) in [6.07, 6.45) is 1.43. The highest BCUT2D eigenvalue weighted by Crippen LogP contribution is 2.23. The standard InChI is InChI=1S/C13H15BrN2O/c1-9-11(2-3-17-9)8-16-13-5-10(7-15)4-12(14)6-13/h4-6,9,11,16H,2-3,8H2,1H3. The number of benzene rings is 1. The summed E-state index contributed by atoms with van der Waals surface area (Å²) >= 11 is 3.40. The van der Waals surface area contributed by atoms with Gasteiger partial charge in [-0.15, -0.1) is 0 Å². The van der Waals surface area contributed by atoms with Gasteiger partial charge in [0, 0.05) is 29.2 Å². The molecular weight excluding hydrogens is 280 g/mol. The van der Waals surface area contributed by atoms with Crippen LogP contribution in [0.25, 0.3) is 0 Å². The fourth-order valence-electron chi connectivity index (χ4n) is 2.05. The molecule has 1 aromatic carbocycles. The number of nitrogens with zero attached hydrogens (tertiary/aromatic N) is 1. The van der Waals surface area contributed by atoms with Gasteiger partial charge in [-0.3, -0.25) is 0 Å². The normalized spacial score (nSPS) is 23.4. The lowest BCUT2D eigenvalue weighted by Gasteiger charge is -2.15. The zero-order valence-electron chi connectivity index (χ0n) is 9.74. The molecule has 90 valence electrons. The molecule has 1 saturated heterocycles. The Bertz CT molecular complexity index is 442. The molecule has 0 aliphatic carbocycles. The highest BCUT2D eigenvalue weighted by atomic mass is 79.9. The van der Waals surface area contributed by atoms with E-state index in [0.717, 1.165) is 29.7 Å². The highest BCUT2D eigenvalue weighted by molar-refractivity contribution is 9.10. The quantitative estimate of drug-likeness (QED) is 0.931. The molecule has 0 spiro atoms. The molecule has 17 heavy (non-hydrogen) atoms. The van der Waals surface area contributed by atoms with E-state index in [1.807, 2.05) is 18.2 Å². The number of halogens is 1. The SMILES string of the molecule is CC1OCCC1CNc1cc(Br)cc(C#N)c1. The third-order valence-corrected chi connectivity index (χ3v) is 3.59. The van der Waals surface area contributed by atoms with Crippen molar-refractivity contribution in [3.63, 3.8) is 0 Å². The maximum absolute atomic E-state index is 8.89. The summed E-state index contributed by atoms with van der Waals surface area (Å²) in [6, 6.07) is 7.82. The fraction of sp³-hybridized carbons (Fsp3) is 0.462. The summed E-state index contributed by atoms with van der Waals surface area (Å²) in [7, 11) is 0. The summed E-state index contributed by atoms with van der Waals surface area (Å²) in [5, 5.41) is 12.3. The van der Waals surface area contributed by atoms with Crippen LogP contribution in [0.4, 0.5) is 5.69 Å². The number of nitriles is 1. The molecule has 1 aliphatic heterocycles. The first-order valence-electron chi connectivity index (χ1n) is 5.75. The molecule has 1 N–H and O–H groups in total. The van der Waals surface area contributed by atoms with Crippen LogP contribution in [0.1, 0.15) is 18.9 Å². The van der Waals surface area contributed by atoms with Gasteiger partial charge in [0.15, 0.2) is 0 Å². The van der Waals surface area contributed by atoms with Crippen LogP contribution >= 0.6 is 15.9 Å². The fourth-order valence-corrected chi connectivity index (χ4v) is 2.54. The lowest BCUT2D eigenvalue weighted by atomic mass is 10.0. The Morgan fingerprint density at radius 1 is 1.53 bits per heavy atom. The molecule has 0 amide bonds. The van der Waals surface area contributed by atoms with E-state index in [4.69, 9.17) is 10.00 Å². The van der Waals surface area contributed by atoms with Crippen molar-refractivity contribution in [1.29, 1.82) is 5.26 Å². The number of nitrogens with one attached hydrogen (secondary N) is 1. The van der Waals surface area contributed by atoms with Gasteiger partial charge in [0.25, 0.3) is 0 Å². The van der Waals surface area contributed by atoms with Gasteiger partial charge in [-0.05, 0) is 31.5 Å². The maximum atomic E-state index is 8.89. The van der Waals surface area contributed by atoms with Crippen LogP contribution in [0.5, 0.6) is 0 Å². The van der Waals surface area contributed by atoms with Crippen molar-refractivity contribution < 1.29 is 4.74 Å². The van der Waals surface area contributed by atoms with Gasteiger partial charge in [-0.1, -0.05) is 15.9 Å². The molecule has 4 heteroatoms. The first kappa shape index (κ1) is 12.4. The van der Waals surface area contributed by atoms with E-state index in [9.17, 15) is 0 Å². The molecular formula is C13H15BrN2O. The Morgan fingerprint density at radius 3 is 3.00 bits per heavy atom. The number of hydrogen-bond donors (Lipinski definition) is 1. The second-order valence-electron chi connectivity index (χ2n) is 4.35. The van der Waals surface area contributed by atoms with E-state index in [0.29, 0.717) is 17.6 Å². The molecule has 0 bridgehead atoms. The zero-order valence-corrected chi connectivity index (χ0v) is 11.3. The third kappa shape index (κ3) is 3.21. The van der Waals surface area contributed by atoms with Crippen molar-refractivity contribution in [1.82, 2.24) is 0 Å². The third-order valence-electron chi connectivity index (χ3n) is 3.13. The first-order chi connectivity index (χ1) is 8.19. The topological polar surface area (TPSA) is 45.0 Å². The Kier molecular flexibility index (Phi) is 4.03. The maximum Gasteiger partial charge on any atom is 0.0992 e. The molecule has 1 fully saturated rings. The Labute approximate surface area is 110 Å². The molecule has 2 unspecified atom stereocenters. The monoisotopic (exact) mass is 294 g/mol. The number of ether oxygens (including phenoxy) is 1. The van der Waals surface area contributed by atoms with Crippen LogP contribution in [0.3, 0.4) is 0 Å². The van der Waals surface area contributed by atoms with Crippen molar-refractivity contribution >= 4 is 21.6 Å². The minimum absolute atomic E-state index is 0.324. The van der Waals surface area contributed by atoms with Crippen molar-refractivity contribution in [3.05, 3.63) is 28.2 Å². The predicted octanol–water partition coefficient (Wildman–Crippen LogP) is 3.16. The molecule has 0 saturated carbocycles. The minimum atomic E-state index is 0.324. The highest BCUT2D eigenvalue weighted by Gasteiger charge is 2.23. The lowest BCUT2D eigenvalue weighted by molar-refractivity contribution is 0.108. The summed E-state index contributed by atoms with van der Waals surface area (Å²) < 4.78 is 6.45. The zero-order chi connectivity index (χ0) is 12.3. The van der Waals surface area contributed by atoms with E-state index in [1.165, 1.54) is 0 Å². The Hall–Kier alpha value is -1.05. The second kappa shape index (κ2) is 5.52. The second-order valence-corrected chi connectivity index (χ2v) is 5.26. The Morgan fingerprint density at radius 2 is 2.35 bits per heavy atom. The van der Waals surface area contributed by atoms with Gasteiger partial charge < -0.3 is 10.1 Å². The minimum Gasteiger partial charge on any atom is -0.385 e. The molecule has 1 heterocycles. The molecule has 0 radical (unpaired) electrons. The number of anilines is 1. The van der Waals surface area contributed by atoms with E-state index in [1.54, 1.807) is 0 Å². The first-order valence-corrected chi connectivity index (χ1v) is 6.54. The van der Waals surface area contributed by atoms with Crippen molar-refractivity contribution in [3.8, 4) is 6.07 Å². The van der Waals surface area contributed by atoms with Crippen molar-refractivity contribution in [2.45, 2.75) is 19.4 Å². The van der Waals surface area contributed by atoms with Crippen LogP contribution in [0.2, 0.25) is 0 Å². The van der Waals surface area contributed by atoms with Gasteiger partial charge in [0.1, 0.15) is 0 Å². The lowest BCUT2D eigenvalue weighted by Crippen LogP contribution is -2.20. The van der Waals surface area contributed by atoms with Gasteiger partial charge >= 0.3 is 0 Å². The van der Waals surface area contributed by atoms with Gasteiger partial charge in [-0.2, -0.15) is 5.26 Å². The van der Waals surface area contributed by atoms with E-state index in [2.05, 4.69) is 34.2 Å². The van der Waals surface area contributed by atoms with Crippen LogP contribution in [0.15, 0.2) is 22.7 Å². The summed E-state index contributed by atoms with van der Waals surface area (Å²) in [5.74, 6) is 0.555. The van der Waals surface area contributed by atoms with Crippen molar-refractivity contribution in [2.75, 3.05) is 18.5 Å². The summed E-state index contributed by atoms with van der Waals surface area (Å²) in [4.78, 5) is 0. The van der Waals surface area contributed by atoms with E-state index in [-0.39, 0.29) is 0 Å².